The molecule has 162 valence electrons. The highest BCUT2D eigenvalue weighted by Crippen LogP contribution is 2.23. The zero-order valence-electron chi connectivity index (χ0n) is 17.1. The molecule has 0 unspecified atom stereocenters. The number of benzene rings is 1. The molecular weight excluding hydrogens is 408 g/mol. The minimum Gasteiger partial charge on any atom is -0.334 e. The number of rotatable bonds is 4. The Morgan fingerprint density at radius 2 is 1.84 bits per heavy atom. The van der Waals surface area contributed by atoms with E-state index >= 15 is 0 Å². The molecule has 2 aromatic heterocycles. The number of hydroxylamine groups is 1. The Kier molecular flexibility index (Phi) is 5.85. The highest BCUT2D eigenvalue weighted by Gasteiger charge is 2.25. The van der Waals surface area contributed by atoms with E-state index in [9.17, 15) is 13.6 Å². The minimum atomic E-state index is -2.71. The lowest BCUT2D eigenvalue weighted by Gasteiger charge is -2.22. The fourth-order valence-corrected chi connectivity index (χ4v) is 3.35. The third-order valence-corrected chi connectivity index (χ3v) is 4.81. The Balaban J connectivity index is 1.55. The molecule has 1 fully saturated rings. The molecule has 3 aromatic rings. The summed E-state index contributed by atoms with van der Waals surface area (Å²) in [6.07, 6.45) is 0.382. The molecule has 9 nitrogen and oxygen atoms in total. The molecule has 0 radical (unpaired) electrons. The van der Waals surface area contributed by atoms with Crippen molar-refractivity contribution >= 4 is 11.7 Å². The zero-order valence-corrected chi connectivity index (χ0v) is 17.1. The molecule has 31 heavy (non-hydrogen) atoms. The van der Waals surface area contributed by atoms with Gasteiger partial charge >= 0.3 is 0 Å². The van der Waals surface area contributed by atoms with Crippen molar-refractivity contribution in [2.75, 3.05) is 31.3 Å². The van der Waals surface area contributed by atoms with Gasteiger partial charge in [0.25, 0.3) is 12.3 Å². The van der Waals surface area contributed by atoms with Gasteiger partial charge < -0.3 is 4.90 Å². The number of aromatic nitrogens is 5. The van der Waals surface area contributed by atoms with Gasteiger partial charge in [-0.1, -0.05) is 11.6 Å². The van der Waals surface area contributed by atoms with Crippen molar-refractivity contribution in [1.82, 2.24) is 29.9 Å². The standard InChI is InChI=1S/C20H21F2N7O2/c1-13-3-4-17(29-23-5-6-24-29)15(11-13)20(30)27-7-8-28(31-10-9-27)18-12-16(19(21)22)25-14(2)26-18/h3-6,11-12,19H,7-10H2,1-2H3. The van der Waals surface area contributed by atoms with E-state index in [4.69, 9.17) is 4.84 Å². The summed E-state index contributed by atoms with van der Waals surface area (Å²) in [5, 5.41) is 9.69. The highest BCUT2D eigenvalue weighted by atomic mass is 19.3. The summed E-state index contributed by atoms with van der Waals surface area (Å²) < 4.78 is 26.2. The van der Waals surface area contributed by atoms with Gasteiger partial charge in [0.1, 0.15) is 11.5 Å². The van der Waals surface area contributed by atoms with Crippen molar-refractivity contribution in [3.05, 3.63) is 59.3 Å². The molecular formula is C20H21F2N7O2. The van der Waals surface area contributed by atoms with Crippen molar-refractivity contribution < 1.29 is 18.4 Å². The summed E-state index contributed by atoms with van der Waals surface area (Å²) >= 11 is 0. The molecule has 1 saturated heterocycles. The van der Waals surface area contributed by atoms with Crippen molar-refractivity contribution in [1.29, 1.82) is 0 Å². The smallest absolute Gasteiger partial charge is 0.280 e. The van der Waals surface area contributed by atoms with Gasteiger partial charge in [0, 0.05) is 19.2 Å². The van der Waals surface area contributed by atoms with Crippen molar-refractivity contribution in [3.63, 3.8) is 0 Å². The number of halogens is 2. The van der Waals surface area contributed by atoms with Crippen LogP contribution in [0.2, 0.25) is 0 Å². The second-order valence-electron chi connectivity index (χ2n) is 7.07. The summed E-state index contributed by atoms with van der Waals surface area (Å²) in [4.78, 5) is 30.0. The molecule has 1 aromatic carbocycles. The molecule has 0 spiro atoms. The Bertz CT molecular complexity index is 1080. The first kappa shape index (κ1) is 20.8. The van der Waals surface area contributed by atoms with E-state index in [1.165, 1.54) is 15.9 Å². The van der Waals surface area contributed by atoms with Gasteiger partial charge in [-0.2, -0.15) is 15.0 Å². The van der Waals surface area contributed by atoms with E-state index in [0.29, 0.717) is 24.3 Å². The van der Waals surface area contributed by atoms with Gasteiger partial charge in [-0.15, -0.1) is 0 Å². The maximum Gasteiger partial charge on any atom is 0.280 e. The van der Waals surface area contributed by atoms with Crippen LogP contribution in [0.4, 0.5) is 14.6 Å². The van der Waals surface area contributed by atoms with Crippen LogP contribution in [0.3, 0.4) is 0 Å². The van der Waals surface area contributed by atoms with E-state index in [1.807, 2.05) is 13.0 Å². The largest absolute Gasteiger partial charge is 0.334 e. The summed E-state index contributed by atoms with van der Waals surface area (Å²) in [6, 6.07) is 6.70. The molecule has 4 rings (SSSR count). The third-order valence-electron chi connectivity index (χ3n) is 4.81. The summed E-state index contributed by atoms with van der Waals surface area (Å²) in [5.74, 6) is 0.285. The third kappa shape index (κ3) is 4.50. The average molecular weight is 429 g/mol. The van der Waals surface area contributed by atoms with Crippen LogP contribution >= 0.6 is 0 Å². The number of nitrogens with zero attached hydrogens (tertiary/aromatic N) is 7. The first-order chi connectivity index (χ1) is 14.9. The second kappa shape index (κ2) is 8.72. The van der Waals surface area contributed by atoms with Crippen LogP contribution in [0.1, 0.15) is 33.9 Å². The van der Waals surface area contributed by atoms with Crippen molar-refractivity contribution in [2.24, 2.45) is 0 Å². The topological polar surface area (TPSA) is 89.3 Å². The Morgan fingerprint density at radius 1 is 1.06 bits per heavy atom. The number of alkyl halides is 2. The molecule has 11 heteroatoms. The SMILES string of the molecule is Cc1ccc(-n2nccn2)c(C(=O)N2CCON(c3cc(C(F)F)nc(C)n3)CC2)c1. The predicted octanol–water partition coefficient (Wildman–Crippen LogP) is 2.51. The molecule has 1 amide bonds. The second-order valence-corrected chi connectivity index (χ2v) is 7.07. The fourth-order valence-electron chi connectivity index (χ4n) is 3.35. The van der Waals surface area contributed by atoms with Gasteiger partial charge in [-0.25, -0.2) is 23.8 Å². The predicted molar refractivity (Wildman–Crippen MR) is 107 cm³/mol. The van der Waals surface area contributed by atoms with E-state index in [2.05, 4.69) is 20.2 Å². The summed E-state index contributed by atoms with van der Waals surface area (Å²) in [5.41, 5.74) is 1.63. The lowest BCUT2D eigenvalue weighted by molar-refractivity contribution is 0.0729. The van der Waals surface area contributed by atoms with E-state index in [-0.39, 0.29) is 36.4 Å². The minimum absolute atomic E-state index is 0.186. The van der Waals surface area contributed by atoms with E-state index < -0.39 is 6.43 Å². The molecule has 0 atom stereocenters. The van der Waals surface area contributed by atoms with Crippen molar-refractivity contribution in [2.45, 2.75) is 20.3 Å². The van der Waals surface area contributed by atoms with Crippen LogP contribution in [0.25, 0.3) is 5.69 Å². The first-order valence-corrected chi connectivity index (χ1v) is 9.73. The number of carbonyl (C=O) groups is 1. The number of anilines is 1. The van der Waals surface area contributed by atoms with Crippen molar-refractivity contribution in [3.8, 4) is 5.69 Å². The van der Waals surface area contributed by atoms with Crippen LogP contribution in [0.5, 0.6) is 0 Å². The monoisotopic (exact) mass is 429 g/mol. The van der Waals surface area contributed by atoms with Gasteiger partial charge in [0.05, 0.1) is 36.8 Å². The number of hydrogen-bond acceptors (Lipinski definition) is 7. The number of amides is 1. The Labute approximate surface area is 177 Å². The maximum atomic E-state index is 13.3. The van der Waals surface area contributed by atoms with E-state index in [1.54, 1.807) is 36.4 Å². The average Bonchev–Trinajstić information content (AvgIpc) is 3.16. The lowest BCUT2D eigenvalue weighted by Crippen LogP contribution is -2.36. The Morgan fingerprint density at radius 3 is 2.58 bits per heavy atom. The lowest BCUT2D eigenvalue weighted by atomic mass is 10.1. The molecule has 0 bridgehead atoms. The highest BCUT2D eigenvalue weighted by molar-refractivity contribution is 5.98. The normalized spacial score (nSPS) is 14.7. The van der Waals surface area contributed by atoms with Crippen LogP contribution in [0.15, 0.2) is 36.7 Å². The number of carbonyl (C=O) groups excluding carboxylic acids is 1. The van der Waals surface area contributed by atoms with Gasteiger partial charge in [-0.05, 0) is 26.0 Å². The summed E-state index contributed by atoms with van der Waals surface area (Å²) in [7, 11) is 0. The molecule has 0 aliphatic carbocycles. The molecule has 1 aliphatic rings. The van der Waals surface area contributed by atoms with Gasteiger partial charge in [0.2, 0.25) is 0 Å². The van der Waals surface area contributed by atoms with Gasteiger partial charge in [0.15, 0.2) is 5.82 Å². The fraction of sp³-hybridized carbons (Fsp3) is 0.350. The van der Waals surface area contributed by atoms with Crippen LogP contribution < -0.4 is 5.06 Å². The van der Waals surface area contributed by atoms with Gasteiger partial charge in [-0.3, -0.25) is 9.63 Å². The quantitative estimate of drug-likeness (QED) is 0.630. The number of hydrogen-bond donors (Lipinski definition) is 0. The Hall–Kier alpha value is -3.47. The molecule has 0 N–H and O–H groups in total. The first-order valence-electron chi connectivity index (χ1n) is 9.73. The van der Waals surface area contributed by atoms with E-state index in [0.717, 1.165) is 5.56 Å². The zero-order chi connectivity index (χ0) is 22.0. The van der Waals surface area contributed by atoms with Crippen LogP contribution in [0, 0.1) is 13.8 Å². The molecule has 1 aliphatic heterocycles. The molecule has 0 saturated carbocycles. The van der Waals surface area contributed by atoms with Crippen LogP contribution in [-0.2, 0) is 4.84 Å². The molecule has 3 heterocycles. The maximum absolute atomic E-state index is 13.3. The summed E-state index contributed by atoms with van der Waals surface area (Å²) in [6.45, 7) is 4.58. The van der Waals surface area contributed by atoms with Crippen LogP contribution in [-0.4, -0.2) is 62.0 Å². The number of aryl methyl sites for hydroxylation is 2.